The van der Waals surface area contributed by atoms with E-state index in [0.29, 0.717) is 11.4 Å². The first-order chi connectivity index (χ1) is 7.70. The van der Waals surface area contributed by atoms with Crippen LogP contribution in [0, 0.1) is 0 Å². The van der Waals surface area contributed by atoms with Crippen LogP contribution in [0.2, 0.25) is 0 Å². The summed E-state index contributed by atoms with van der Waals surface area (Å²) in [6.45, 7) is 2.69. The van der Waals surface area contributed by atoms with Gasteiger partial charge in [0.05, 0.1) is 12.3 Å². The predicted octanol–water partition coefficient (Wildman–Crippen LogP) is 0.289. The van der Waals surface area contributed by atoms with E-state index in [1.165, 1.54) is 6.20 Å². The van der Waals surface area contributed by atoms with Crippen molar-refractivity contribution in [3.05, 3.63) is 11.8 Å². The zero-order chi connectivity index (χ0) is 11.5. The van der Waals surface area contributed by atoms with Crippen LogP contribution in [0.15, 0.2) is 6.20 Å². The van der Waals surface area contributed by atoms with Gasteiger partial charge in [-0.25, -0.2) is 0 Å². The third-order valence-electron chi connectivity index (χ3n) is 2.75. The van der Waals surface area contributed by atoms with Crippen LogP contribution in [0.3, 0.4) is 0 Å². The monoisotopic (exact) mass is 224 g/mol. The van der Waals surface area contributed by atoms with Crippen LogP contribution in [0.4, 0.5) is 5.82 Å². The molecule has 1 aliphatic rings. The Hall–Kier alpha value is -1.56. The molecule has 2 rings (SSSR count). The Balaban J connectivity index is 1.80. The number of aromatic amines is 1. The summed E-state index contributed by atoms with van der Waals surface area (Å²) < 4.78 is 5.41. The van der Waals surface area contributed by atoms with Crippen LogP contribution in [0.1, 0.15) is 30.1 Å². The van der Waals surface area contributed by atoms with Crippen molar-refractivity contribution >= 4 is 11.7 Å². The molecule has 1 heterocycles. The summed E-state index contributed by atoms with van der Waals surface area (Å²) in [4.78, 5) is 11.7. The summed E-state index contributed by atoms with van der Waals surface area (Å²) in [5.74, 6) is 0.129. The van der Waals surface area contributed by atoms with Gasteiger partial charge in [-0.3, -0.25) is 9.89 Å². The van der Waals surface area contributed by atoms with Crippen molar-refractivity contribution in [3.63, 3.8) is 0 Å². The highest BCUT2D eigenvalue weighted by atomic mass is 16.5. The van der Waals surface area contributed by atoms with E-state index in [0.717, 1.165) is 19.4 Å². The van der Waals surface area contributed by atoms with Gasteiger partial charge in [-0.2, -0.15) is 5.10 Å². The molecule has 0 bridgehead atoms. The lowest BCUT2D eigenvalue weighted by Gasteiger charge is -2.35. The van der Waals surface area contributed by atoms with E-state index < -0.39 is 0 Å². The van der Waals surface area contributed by atoms with E-state index >= 15 is 0 Å². The zero-order valence-corrected chi connectivity index (χ0v) is 9.19. The number of rotatable bonds is 4. The normalized spacial score (nSPS) is 23.8. The molecule has 1 fully saturated rings. The number of aromatic nitrogens is 2. The maximum Gasteiger partial charge on any atom is 0.256 e. The summed E-state index contributed by atoms with van der Waals surface area (Å²) in [6.07, 6.45) is 3.47. The Morgan fingerprint density at radius 3 is 3.06 bits per heavy atom. The molecule has 0 atom stereocenters. The molecule has 0 spiro atoms. The van der Waals surface area contributed by atoms with Gasteiger partial charge in [-0.05, 0) is 19.8 Å². The number of amides is 1. The van der Waals surface area contributed by atoms with Gasteiger partial charge < -0.3 is 15.8 Å². The third-order valence-corrected chi connectivity index (χ3v) is 2.75. The topological polar surface area (TPSA) is 93.0 Å². The van der Waals surface area contributed by atoms with Crippen molar-refractivity contribution in [3.8, 4) is 0 Å². The van der Waals surface area contributed by atoms with Gasteiger partial charge in [-0.1, -0.05) is 0 Å². The van der Waals surface area contributed by atoms with Crippen molar-refractivity contribution < 1.29 is 9.53 Å². The minimum atomic E-state index is -0.175. The molecule has 0 radical (unpaired) electrons. The summed E-state index contributed by atoms with van der Waals surface area (Å²) in [5.41, 5.74) is 5.95. The first-order valence-corrected chi connectivity index (χ1v) is 5.42. The molecule has 0 aromatic carbocycles. The lowest BCUT2D eigenvalue weighted by Crippen LogP contribution is -2.47. The van der Waals surface area contributed by atoms with Crippen LogP contribution in [0.5, 0.6) is 0 Å². The molecule has 1 saturated carbocycles. The van der Waals surface area contributed by atoms with E-state index in [2.05, 4.69) is 15.5 Å². The molecular weight excluding hydrogens is 208 g/mol. The van der Waals surface area contributed by atoms with Crippen molar-refractivity contribution in [2.45, 2.75) is 31.9 Å². The molecule has 6 nitrogen and oxygen atoms in total. The van der Waals surface area contributed by atoms with Crippen LogP contribution in [-0.2, 0) is 4.74 Å². The molecule has 0 aliphatic heterocycles. The number of anilines is 1. The second-order valence-corrected chi connectivity index (χ2v) is 3.92. The fourth-order valence-electron chi connectivity index (χ4n) is 1.80. The fourth-order valence-corrected chi connectivity index (χ4v) is 1.80. The molecule has 1 amide bonds. The van der Waals surface area contributed by atoms with Crippen LogP contribution in [0.25, 0.3) is 0 Å². The van der Waals surface area contributed by atoms with E-state index in [4.69, 9.17) is 10.5 Å². The quantitative estimate of drug-likeness (QED) is 0.685. The molecule has 1 aliphatic carbocycles. The van der Waals surface area contributed by atoms with E-state index in [1.807, 2.05) is 6.92 Å². The first kappa shape index (κ1) is 10.9. The Labute approximate surface area is 93.5 Å². The lowest BCUT2D eigenvalue weighted by molar-refractivity contribution is -0.00861. The largest absolute Gasteiger partial charge is 0.383 e. The Bertz CT molecular complexity index is 371. The Morgan fingerprint density at radius 2 is 2.50 bits per heavy atom. The van der Waals surface area contributed by atoms with Gasteiger partial charge in [-0.15, -0.1) is 0 Å². The fraction of sp³-hybridized carbons (Fsp3) is 0.600. The Kier molecular flexibility index (Phi) is 3.09. The summed E-state index contributed by atoms with van der Waals surface area (Å²) in [7, 11) is 0. The predicted molar refractivity (Wildman–Crippen MR) is 58.9 cm³/mol. The Morgan fingerprint density at radius 1 is 1.75 bits per heavy atom. The number of carbonyl (C=O) groups excluding carboxylic acids is 1. The summed E-state index contributed by atoms with van der Waals surface area (Å²) in [5, 5.41) is 9.12. The SMILES string of the molecule is CCOC1CC(NC(=O)c2cn[nH]c2N)C1. The molecule has 1 aromatic heterocycles. The van der Waals surface area contributed by atoms with Crippen LogP contribution >= 0.6 is 0 Å². The second-order valence-electron chi connectivity index (χ2n) is 3.92. The van der Waals surface area contributed by atoms with Crippen molar-refractivity contribution in [1.29, 1.82) is 0 Å². The molecule has 6 heteroatoms. The standard InChI is InChI=1S/C10H16N4O2/c1-2-16-7-3-6(4-7)13-10(15)8-5-12-14-9(8)11/h5-7H,2-4H2,1H3,(H,13,15)(H3,11,12,14). The summed E-state index contributed by atoms with van der Waals surface area (Å²) in [6, 6.07) is 0.193. The number of ether oxygens (including phenoxy) is 1. The van der Waals surface area contributed by atoms with Crippen LogP contribution < -0.4 is 11.1 Å². The van der Waals surface area contributed by atoms with Gasteiger partial charge in [0, 0.05) is 12.6 Å². The molecule has 16 heavy (non-hydrogen) atoms. The highest BCUT2D eigenvalue weighted by molar-refractivity contribution is 5.98. The molecule has 88 valence electrons. The number of carbonyl (C=O) groups is 1. The number of nitrogens with one attached hydrogen (secondary N) is 2. The number of H-pyrrole nitrogens is 1. The highest BCUT2D eigenvalue weighted by Crippen LogP contribution is 2.23. The highest BCUT2D eigenvalue weighted by Gasteiger charge is 2.31. The van der Waals surface area contributed by atoms with Gasteiger partial charge in [0.1, 0.15) is 11.4 Å². The van der Waals surface area contributed by atoms with Gasteiger partial charge >= 0.3 is 0 Å². The third kappa shape index (κ3) is 2.16. The number of nitrogens with two attached hydrogens (primary N) is 1. The van der Waals surface area contributed by atoms with Crippen LogP contribution in [-0.4, -0.2) is 34.9 Å². The maximum atomic E-state index is 11.7. The first-order valence-electron chi connectivity index (χ1n) is 5.42. The molecular formula is C10H16N4O2. The molecule has 1 aromatic rings. The van der Waals surface area contributed by atoms with Crippen molar-refractivity contribution in [1.82, 2.24) is 15.5 Å². The average molecular weight is 224 g/mol. The minimum absolute atomic E-state index is 0.175. The maximum absolute atomic E-state index is 11.7. The van der Waals surface area contributed by atoms with Gasteiger partial charge in [0.25, 0.3) is 5.91 Å². The smallest absolute Gasteiger partial charge is 0.256 e. The van der Waals surface area contributed by atoms with E-state index in [1.54, 1.807) is 0 Å². The number of nitrogen functional groups attached to an aromatic ring is 1. The number of nitrogens with zero attached hydrogens (tertiary/aromatic N) is 1. The number of hydrogen-bond donors (Lipinski definition) is 3. The van der Waals surface area contributed by atoms with Gasteiger partial charge in [0.15, 0.2) is 0 Å². The molecule has 0 saturated heterocycles. The second kappa shape index (κ2) is 4.52. The summed E-state index contributed by atoms with van der Waals surface area (Å²) >= 11 is 0. The minimum Gasteiger partial charge on any atom is -0.383 e. The average Bonchev–Trinajstić information content (AvgIpc) is 2.61. The molecule has 0 unspecified atom stereocenters. The number of hydrogen-bond acceptors (Lipinski definition) is 4. The van der Waals surface area contributed by atoms with E-state index in [-0.39, 0.29) is 18.1 Å². The van der Waals surface area contributed by atoms with Crippen molar-refractivity contribution in [2.24, 2.45) is 0 Å². The van der Waals surface area contributed by atoms with Gasteiger partial charge in [0.2, 0.25) is 0 Å². The van der Waals surface area contributed by atoms with E-state index in [9.17, 15) is 4.79 Å². The molecule has 4 N–H and O–H groups in total. The zero-order valence-electron chi connectivity index (χ0n) is 9.19. The lowest BCUT2D eigenvalue weighted by atomic mass is 9.89. The van der Waals surface area contributed by atoms with Crippen molar-refractivity contribution in [2.75, 3.05) is 12.3 Å².